The smallest absolute Gasteiger partial charge is 0.305 e. The Morgan fingerprint density at radius 2 is 1.95 bits per heavy atom. The van der Waals surface area contributed by atoms with Crippen molar-refractivity contribution in [2.24, 2.45) is 0 Å². The van der Waals surface area contributed by atoms with Gasteiger partial charge in [-0.25, -0.2) is 0 Å². The maximum Gasteiger partial charge on any atom is 0.305 e. The van der Waals surface area contributed by atoms with E-state index in [9.17, 15) is 19.7 Å². The molecule has 0 aromatic heterocycles. The van der Waals surface area contributed by atoms with Crippen molar-refractivity contribution >= 4 is 23.6 Å². The number of hydrogen-bond donors (Lipinski definition) is 1. The van der Waals surface area contributed by atoms with Gasteiger partial charge in [0.25, 0.3) is 5.69 Å². The standard InChI is InChI=1S/C15H16N2O5/c1-2-10-16(11-9-15(19)20)14(18)8-5-12-3-6-13(7-4-12)17(21)22/h2-8H,1,9-11H2,(H,19,20)/b8-5+. The van der Waals surface area contributed by atoms with Gasteiger partial charge in [-0.1, -0.05) is 6.08 Å². The molecule has 0 aliphatic heterocycles. The third-order valence-electron chi connectivity index (χ3n) is 2.78. The molecule has 1 N–H and O–H groups in total. The summed E-state index contributed by atoms with van der Waals surface area (Å²) < 4.78 is 0. The van der Waals surface area contributed by atoms with Crippen molar-refractivity contribution in [3.63, 3.8) is 0 Å². The van der Waals surface area contributed by atoms with Gasteiger partial charge in [-0.2, -0.15) is 0 Å². The number of hydrogen-bond acceptors (Lipinski definition) is 4. The van der Waals surface area contributed by atoms with Gasteiger partial charge in [0.1, 0.15) is 0 Å². The van der Waals surface area contributed by atoms with Crippen LogP contribution in [0, 0.1) is 10.1 Å². The molecular formula is C15H16N2O5. The molecule has 1 rings (SSSR count). The second kappa shape index (κ2) is 8.35. The maximum atomic E-state index is 12.0. The Bertz CT molecular complexity index is 592. The number of nitro groups is 1. The number of aliphatic carboxylic acids is 1. The van der Waals surface area contributed by atoms with Crippen LogP contribution in [0.15, 0.2) is 43.0 Å². The molecule has 0 bridgehead atoms. The highest BCUT2D eigenvalue weighted by Crippen LogP contribution is 2.13. The molecule has 0 saturated heterocycles. The van der Waals surface area contributed by atoms with Gasteiger partial charge >= 0.3 is 5.97 Å². The molecule has 0 spiro atoms. The second-order valence-corrected chi connectivity index (χ2v) is 4.40. The monoisotopic (exact) mass is 304 g/mol. The van der Waals surface area contributed by atoms with Crippen LogP contribution in [-0.4, -0.2) is 39.9 Å². The van der Waals surface area contributed by atoms with Gasteiger partial charge in [0.15, 0.2) is 0 Å². The van der Waals surface area contributed by atoms with E-state index in [2.05, 4.69) is 6.58 Å². The van der Waals surface area contributed by atoms with E-state index in [-0.39, 0.29) is 31.1 Å². The normalized spacial score (nSPS) is 10.4. The fourth-order valence-corrected chi connectivity index (χ4v) is 1.66. The number of carboxylic acid groups (broad SMARTS) is 1. The summed E-state index contributed by atoms with van der Waals surface area (Å²) in [5, 5.41) is 19.2. The first-order chi connectivity index (χ1) is 10.4. The number of carbonyl (C=O) groups is 2. The highest BCUT2D eigenvalue weighted by molar-refractivity contribution is 5.92. The third-order valence-corrected chi connectivity index (χ3v) is 2.78. The van der Waals surface area contributed by atoms with Crippen molar-refractivity contribution in [3.05, 3.63) is 58.7 Å². The van der Waals surface area contributed by atoms with Crippen LogP contribution < -0.4 is 0 Å². The van der Waals surface area contributed by atoms with E-state index in [0.717, 1.165) is 0 Å². The summed E-state index contributed by atoms with van der Waals surface area (Å²) in [6.07, 6.45) is 4.18. The molecular weight excluding hydrogens is 288 g/mol. The molecule has 0 aliphatic carbocycles. The van der Waals surface area contributed by atoms with Crippen LogP contribution in [-0.2, 0) is 9.59 Å². The average molecular weight is 304 g/mol. The van der Waals surface area contributed by atoms with Crippen molar-refractivity contribution in [1.82, 2.24) is 4.90 Å². The SMILES string of the molecule is C=CCN(CCC(=O)O)C(=O)/C=C/c1ccc([N+](=O)[O-])cc1. The van der Waals surface area contributed by atoms with Crippen LogP contribution in [0.2, 0.25) is 0 Å². The van der Waals surface area contributed by atoms with Gasteiger partial charge in [-0.05, 0) is 23.8 Å². The number of benzene rings is 1. The number of rotatable bonds is 8. The van der Waals surface area contributed by atoms with Gasteiger partial charge in [0.2, 0.25) is 5.91 Å². The summed E-state index contributed by atoms with van der Waals surface area (Å²) in [5.74, 6) is -1.33. The highest BCUT2D eigenvalue weighted by Gasteiger charge is 2.10. The van der Waals surface area contributed by atoms with Crippen molar-refractivity contribution < 1.29 is 19.6 Å². The van der Waals surface area contributed by atoms with Crippen LogP contribution in [0.5, 0.6) is 0 Å². The van der Waals surface area contributed by atoms with E-state index in [0.29, 0.717) is 5.56 Å². The van der Waals surface area contributed by atoms with Crippen LogP contribution in [0.1, 0.15) is 12.0 Å². The molecule has 0 atom stereocenters. The van der Waals surface area contributed by atoms with E-state index in [1.807, 2.05) is 0 Å². The first kappa shape index (κ1) is 17.1. The minimum absolute atomic E-state index is 0.0294. The van der Waals surface area contributed by atoms with Crippen molar-refractivity contribution in [2.75, 3.05) is 13.1 Å². The molecule has 22 heavy (non-hydrogen) atoms. The summed E-state index contributed by atoms with van der Waals surface area (Å²) >= 11 is 0. The lowest BCUT2D eigenvalue weighted by Gasteiger charge is -2.18. The summed E-state index contributed by atoms with van der Waals surface area (Å²) in [7, 11) is 0. The number of amides is 1. The quantitative estimate of drug-likeness (QED) is 0.343. The number of carbonyl (C=O) groups excluding carboxylic acids is 1. The topological polar surface area (TPSA) is 101 Å². The van der Waals surface area contributed by atoms with Gasteiger partial charge in [0, 0.05) is 31.3 Å². The van der Waals surface area contributed by atoms with Gasteiger partial charge in [-0.3, -0.25) is 19.7 Å². The number of non-ortho nitro benzene ring substituents is 1. The first-order valence-electron chi connectivity index (χ1n) is 6.48. The number of nitrogens with zero attached hydrogens (tertiary/aromatic N) is 2. The molecule has 0 unspecified atom stereocenters. The van der Waals surface area contributed by atoms with Gasteiger partial charge < -0.3 is 10.0 Å². The summed E-state index contributed by atoms with van der Waals surface area (Å²) in [5.41, 5.74) is 0.606. The Balaban J connectivity index is 2.72. The van der Waals surface area contributed by atoms with E-state index >= 15 is 0 Å². The number of nitro benzene ring substituents is 1. The zero-order valence-electron chi connectivity index (χ0n) is 11.8. The Kier molecular flexibility index (Phi) is 6.49. The lowest BCUT2D eigenvalue weighted by Crippen LogP contribution is -2.31. The molecule has 0 radical (unpaired) electrons. The van der Waals surface area contributed by atoms with Crippen LogP contribution in [0.3, 0.4) is 0 Å². The van der Waals surface area contributed by atoms with Crippen LogP contribution >= 0.6 is 0 Å². The minimum Gasteiger partial charge on any atom is -0.481 e. The minimum atomic E-state index is -0.985. The third kappa shape index (κ3) is 5.58. The lowest BCUT2D eigenvalue weighted by atomic mass is 10.2. The Hall–Kier alpha value is -2.96. The fraction of sp³-hybridized carbons (Fsp3) is 0.200. The predicted molar refractivity (Wildman–Crippen MR) is 81.2 cm³/mol. The molecule has 7 nitrogen and oxygen atoms in total. The summed E-state index contributed by atoms with van der Waals surface area (Å²) in [4.78, 5) is 33.9. The predicted octanol–water partition coefficient (Wildman–Crippen LogP) is 2.10. The Morgan fingerprint density at radius 3 is 2.45 bits per heavy atom. The largest absolute Gasteiger partial charge is 0.481 e. The van der Waals surface area contributed by atoms with Crippen LogP contribution in [0.25, 0.3) is 6.08 Å². The lowest BCUT2D eigenvalue weighted by molar-refractivity contribution is -0.384. The zero-order chi connectivity index (χ0) is 16.5. The molecule has 0 aliphatic rings. The zero-order valence-corrected chi connectivity index (χ0v) is 11.8. The van der Waals surface area contributed by atoms with E-state index in [1.165, 1.54) is 47.4 Å². The molecule has 0 saturated carbocycles. The Morgan fingerprint density at radius 1 is 1.32 bits per heavy atom. The van der Waals surface area contributed by atoms with Gasteiger partial charge in [0.05, 0.1) is 11.3 Å². The van der Waals surface area contributed by atoms with Crippen molar-refractivity contribution in [2.45, 2.75) is 6.42 Å². The maximum absolute atomic E-state index is 12.0. The van der Waals surface area contributed by atoms with Crippen LogP contribution in [0.4, 0.5) is 5.69 Å². The van der Waals surface area contributed by atoms with Crippen molar-refractivity contribution in [1.29, 1.82) is 0 Å². The molecule has 1 aromatic carbocycles. The van der Waals surface area contributed by atoms with E-state index < -0.39 is 10.9 Å². The molecule has 1 amide bonds. The first-order valence-corrected chi connectivity index (χ1v) is 6.48. The molecule has 0 heterocycles. The average Bonchev–Trinajstić information content (AvgIpc) is 2.49. The van der Waals surface area contributed by atoms with Gasteiger partial charge in [-0.15, -0.1) is 6.58 Å². The summed E-state index contributed by atoms with van der Waals surface area (Å²) in [6.45, 7) is 3.86. The fourth-order valence-electron chi connectivity index (χ4n) is 1.66. The highest BCUT2D eigenvalue weighted by atomic mass is 16.6. The van der Waals surface area contributed by atoms with E-state index in [4.69, 9.17) is 5.11 Å². The molecule has 116 valence electrons. The summed E-state index contributed by atoms with van der Waals surface area (Å²) in [6, 6.07) is 5.74. The van der Waals surface area contributed by atoms with E-state index in [1.54, 1.807) is 0 Å². The second-order valence-electron chi connectivity index (χ2n) is 4.40. The Labute approximate surface area is 127 Å². The number of carboxylic acids is 1. The van der Waals surface area contributed by atoms with Crippen molar-refractivity contribution in [3.8, 4) is 0 Å². The molecule has 1 aromatic rings. The molecule has 7 heteroatoms. The molecule has 0 fully saturated rings.